The van der Waals surface area contributed by atoms with E-state index in [4.69, 9.17) is 4.42 Å². The van der Waals surface area contributed by atoms with Crippen molar-refractivity contribution in [1.29, 1.82) is 0 Å². The number of furan rings is 1. The van der Waals surface area contributed by atoms with Crippen molar-refractivity contribution >= 4 is 59.7 Å². The second-order valence-electron chi connectivity index (χ2n) is 6.79. The smallest absolute Gasteiger partial charge is 0.137 e. The average molecular weight is 412 g/mol. The molecule has 6 aromatic rings. The van der Waals surface area contributed by atoms with Gasteiger partial charge in [0.2, 0.25) is 0 Å². The molecule has 0 saturated heterocycles. The van der Waals surface area contributed by atoms with Gasteiger partial charge in [0.1, 0.15) is 11.2 Å². The van der Waals surface area contributed by atoms with Gasteiger partial charge in [-0.1, -0.05) is 52.3 Å². The van der Waals surface area contributed by atoms with Crippen molar-refractivity contribution in [1.82, 2.24) is 4.57 Å². The molecule has 6 rings (SSSR count). The number of hydrogen-bond acceptors (Lipinski definition) is 1. The molecule has 0 saturated carbocycles. The van der Waals surface area contributed by atoms with Gasteiger partial charge in [-0.15, -0.1) is 0 Å². The maximum absolute atomic E-state index is 6.11. The van der Waals surface area contributed by atoms with Crippen LogP contribution in [-0.4, -0.2) is 4.57 Å². The number of rotatable bonds is 1. The minimum Gasteiger partial charge on any atom is -0.456 e. The highest BCUT2D eigenvalue weighted by Gasteiger charge is 2.14. The SMILES string of the molecule is Brc1ccc2c(c1)c1ccccc1n2-c1ccc2c(c1)oc1ccccc12. The van der Waals surface area contributed by atoms with Crippen molar-refractivity contribution < 1.29 is 4.42 Å². The third-order valence-electron chi connectivity index (χ3n) is 5.26. The van der Waals surface area contributed by atoms with Crippen LogP contribution >= 0.6 is 15.9 Å². The van der Waals surface area contributed by atoms with Gasteiger partial charge in [-0.3, -0.25) is 0 Å². The van der Waals surface area contributed by atoms with Gasteiger partial charge < -0.3 is 8.98 Å². The molecule has 0 radical (unpaired) electrons. The Hall–Kier alpha value is -3.04. The van der Waals surface area contributed by atoms with Crippen molar-refractivity contribution in [3.05, 3.63) is 89.4 Å². The first-order valence-electron chi connectivity index (χ1n) is 8.90. The molecule has 0 bridgehead atoms. The molecule has 0 unspecified atom stereocenters. The second-order valence-corrected chi connectivity index (χ2v) is 7.71. The van der Waals surface area contributed by atoms with Gasteiger partial charge in [0.25, 0.3) is 0 Å². The molecule has 0 amide bonds. The predicted molar refractivity (Wildman–Crippen MR) is 116 cm³/mol. The summed E-state index contributed by atoms with van der Waals surface area (Å²) in [6.07, 6.45) is 0. The van der Waals surface area contributed by atoms with E-state index in [-0.39, 0.29) is 0 Å². The minimum absolute atomic E-state index is 0.914. The Bertz CT molecular complexity index is 1490. The molecular weight excluding hydrogens is 398 g/mol. The number of hydrogen-bond donors (Lipinski definition) is 0. The Morgan fingerprint density at radius 2 is 1.33 bits per heavy atom. The Morgan fingerprint density at radius 3 is 2.26 bits per heavy atom. The largest absolute Gasteiger partial charge is 0.456 e. The lowest BCUT2D eigenvalue weighted by molar-refractivity contribution is 0.668. The fourth-order valence-electron chi connectivity index (χ4n) is 4.08. The van der Waals surface area contributed by atoms with E-state index < -0.39 is 0 Å². The van der Waals surface area contributed by atoms with Gasteiger partial charge in [-0.2, -0.15) is 0 Å². The molecule has 128 valence electrons. The number of aromatic nitrogens is 1. The Morgan fingerprint density at radius 1 is 0.593 bits per heavy atom. The molecule has 2 nitrogen and oxygen atoms in total. The highest BCUT2D eigenvalue weighted by molar-refractivity contribution is 9.10. The topological polar surface area (TPSA) is 18.1 Å². The number of benzene rings is 4. The molecule has 2 heterocycles. The van der Waals surface area contributed by atoms with Gasteiger partial charge in [0, 0.05) is 37.8 Å². The third kappa shape index (κ3) is 2.12. The molecular formula is C24H14BrNO. The lowest BCUT2D eigenvalue weighted by atomic mass is 10.1. The van der Waals surface area contributed by atoms with Gasteiger partial charge in [0.15, 0.2) is 0 Å². The van der Waals surface area contributed by atoms with E-state index in [2.05, 4.69) is 93.3 Å². The molecule has 27 heavy (non-hydrogen) atoms. The summed E-state index contributed by atoms with van der Waals surface area (Å²) in [5.41, 5.74) is 5.33. The Kier molecular flexibility index (Phi) is 3.06. The summed E-state index contributed by atoms with van der Waals surface area (Å²) in [5.74, 6) is 0. The minimum atomic E-state index is 0.914. The van der Waals surface area contributed by atoms with Crippen LogP contribution in [0.25, 0.3) is 49.4 Å². The van der Waals surface area contributed by atoms with E-state index in [0.717, 1.165) is 32.1 Å². The van der Waals surface area contributed by atoms with E-state index in [1.165, 1.54) is 21.8 Å². The number of halogens is 1. The second kappa shape index (κ2) is 5.48. The van der Waals surface area contributed by atoms with Crippen LogP contribution in [0.2, 0.25) is 0 Å². The molecule has 0 aliphatic carbocycles. The van der Waals surface area contributed by atoms with Crippen LogP contribution in [0.15, 0.2) is 93.8 Å². The van der Waals surface area contributed by atoms with Crippen molar-refractivity contribution in [2.24, 2.45) is 0 Å². The van der Waals surface area contributed by atoms with Crippen molar-refractivity contribution in [2.75, 3.05) is 0 Å². The molecule has 2 aromatic heterocycles. The van der Waals surface area contributed by atoms with Crippen LogP contribution < -0.4 is 0 Å². The summed E-state index contributed by atoms with van der Waals surface area (Å²) in [5, 5.41) is 4.80. The first-order valence-corrected chi connectivity index (χ1v) is 9.69. The zero-order valence-electron chi connectivity index (χ0n) is 14.3. The number of para-hydroxylation sites is 2. The summed E-state index contributed by atoms with van der Waals surface area (Å²) < 4.78 is 9.51. The van der Waals surface area contributed by atoms with E-state index in [1.807, 2.05) is 12.1 Å². The summed E-state index contributed by atoms with van der Waals surface area (Å²) in [6.45, 7) is 0. The molecule has 0 atom stereocenters. The van der Waals surface area contributed by atoms with Gasteiger partial charge in [-0.05, 0) is 42.5 Å². The van der Waals surface area contributed by atoms with Crippen LogP contribution in [0.5, 0.6) is 0 Å². The molecule has 0 N–H and O–H groups in total. The maximum atomic E-state index is 6.11. The van der Waals surface area contributed by atoms with Gasteiger partial charge >= 0.3 is 0 Å². The highest BCUT2D eigenvalue weighted by Crippen LogP contribution is 2.36. The predicted octanol–water partition coefficient (Wildman–Crippen LogP) is 7.45. The van der Waals surface area contributed by atoms with Crippen LogP contribution in [0.4, 0.5) is 0 Å². The van der Waals surface area contributed by atoms with Crippen LogP contribution in [0, 0.1) is 0 Å². The van der Waals surface area contributed by atoms with E-state index in [9.17, 15) is 0 Å². The zero-order chi connectivity index (χ0) is 18.0. The lowest BCUT2D eigenvalue weighted by Gasteiger charge is -2.07. The van der Waals surface area contributed by atoms with E-state index >= 15 is 0 Å². The quantitative estimate of drug-likeness (QED) is 0.274. The molecule has 0 fully saturated rings. The third-order valence-corrected chi connectivity index (χ3v) is 5.75. The lowest BCUT2D eigenvalue weighted by Crippen LogP contribution is -1.93. The van der Waals surface area contributed by atoms with Crippen molar-refractivity contribution in [2.45, 2.75) is 0 Å². The molecule has 3 heteroatoms. The summed E-state index contributed by atoms with van der Waals surface area (Å²) >= 11 is 3.61. The maximum Gasteiger partial charge on any atom is 0.137 e. The number of fused-ring (bicyclic) bond motifs is 6. The summed E-state index contributed by atoms with van der Waals surface area (Å²) in [7, 11) is 0. The normalized spacial score (nSPS) is 11.9. The number of nitrogens with zero attached hydrogens (tertiary/aromatic N) is 1. The molecule has 4 aromatic carbocycles. The van der Waals surface area contributed by atoms with Crippen LogP contribution in [0.3, 0.4) is 0 Å². The summed E-state index contributed by atoms with van der Waals surface area (Å²) in [6, 6.07) is 29.7. The van der Waals surface area contributed by atoms with E-state index in [0.29, 0.717) is 0 Å². The zero-order valence-corrected chi connectivity index (χ0v) is 15.9. The Labute approximate surface area is 163 Å². The fourth-order valence-corrected chi connectivity index (χ4v) is 4.44. The first kappa shape index (κ1) is 15.1. The van der Waals surface area contributed by atoms with Crippen LogP contribution in [0.1, 0.15) is 0 Å². The molecule has 0 aliphatic rings. The van der Waals surface area contributed by atoms with Crippen LogP contribution in [-0.2, 0) is 0 Å². The summed E-state index contributed by atoms with van der Waals surface area (Å²) in [4.78, 5) is 0. The highest BCUT2D eigenvalue weighted by atomic mass is 79.9. The standard InChI is InChI=1S/C24H14BrNO/c25-15-9-12-22-20(13-15)17-5-1-3-7-21(17)26(22)16-10-11-19-18-6-2-4-8-23(18)27-24(19)14-16/h1-14H. The van der Waals surface area contributed by atoms with Gasteiger partial charge in [-0.25, -0.2) is 0 Å². The van der Waals surface area contributed by atoms with Crippen molar-refractivity contribution in [3.8, 4) is 5.69 Å². The Balaban J connectivity index is 1.72. The first-order chi connectivity index (χ1) is 13.3. The monoisotopic (exact) mass is 411 g/mol. The average Bonchev–Trinajstić information content (AvgIpc) is 3.22. The van der Waals surface area contributed by atoms with E-state index in [1.54, 1.807) is 0 Å². The van der Waals surface area contributed by atoms with Crippen molar-refractivity contribution in [3.63, 3.8) is 0 Å². The van der Waals surface area contributed by atoms with Gasteiger partial charge in [0.05, 0.1) is 11.0 Å². The molecule has 0 spiro atoms. The molecule has 0 aliphatic heterocycles. The fraction of sp³-hybridized carbons (Fsp3) is 0.